The van der Waals surface area contributed by atoms with Crippen LogP contribution in [0.2, 0.25) is 5.02 Å². The van der Waals surface area contributed by atoms with Crippen LogP contribution in [0.4, 0.5) is 5.69 Å². The van der Waals surface area contributed by atoms with Gasteiger partial charge in [-0.2, -0.15) is 5.26 Å². The molecule has 0 atom stereocenters. The van der Waals surface area contributed by atoms with E-state index in [4.69, 9.17) is 16.9 Å². The zero-order chi connectivity index (χ0) is 13.8. The second kappa shape index (κ2) is 5.55. The normalized spacial score (nSPS) is 9.74. The minimum atomic E-state index is -0.204. The molecule has 4 heteroatoms. The Bertz CT molecular complexity index is 674. The van der Waals surface area contributed by atoms with Gasteiger partial charge >= 0.3 is 0 Å². The van der Waals surface area contributed by atoms with Gasteiger partial charge in [-0.3, -0.25) is 4.79 Å². The SMILES string of the molecule is Cc1cccc(C(=O)Nc2ccc(C#N)c(Cl)c2)c1. The Morgan fingerprint density at radius 2 is 2.05 bits per heavy atom. The molecule has 0 unspecified atom stereocenters. The highest BCUT2D eigenvalue weighted by Gasteiger charge is 2.07. The van der Waals surface area contributed by atoms with Crippen molar-refractivity contribution in [3.63, 3.8) is 0 Å². The topological polar surface area (TPSA) is 52.9 Å². The lowest BCUT2D eigenvalue weighted by Gasteiger charge is -2.06. The van der Waals surface area contributed by atoms with E-state index in [1.165, 1.54) is 0 Å². The van der Waals surface area contributed by atoms with Crippen LogP contribution in [0.15, 0.2) is 42.5 Å². The largest absolute Gasteiger partial charge is 0.322 e. The van der Waals surface area contributed by atoms with Gasteiger partial charge in [-0.05, 0) is 37.3 Å². The molecule has 2 aromatic carbocycles. The van der Waals surface area contributed by atoms with E-state index in [0.29, 0.717) is 21.8 Å². The summed E-state index contributed by atoms with van der Waals surface area (Å²) in [6, 6.07) is 14.1. The van der Waals surface area contributed by atoms with Crippen molar-refractivity contribution in [1.29, 1.82) is 5.26 Å². The van der Waals surface area contributed by atoms with Crippen molar-refractivity contribution >= 4 is 23.2 Å². The van der Waals surface area contributed by atoms with Gasteiger partial charge in [-0.25, -0.2) is 0 Å². The number of hydrogen-bond acceptors (Lipinski definition) is 2. The average molecular weight is 271 g/mol. The predicted molar refractivity (Wildman–Crippen MR) is 75.3 cm³/mol. The summed E-state index contributed by atoms with van der Waals surface area (Å²) >= 11 is 5.91. The number of nitriles is 1. The number of anilines is 1. The van der Waals surface area contributed by atoms with Crippen LogP contribution in [0.5, 0.6) is 0 Å². The van der Waals surface area contributed by atoms with Crippen molar-refractivity contribution in [3.8, 4) is 6.07 Å². The summed E-state index contributed by atoms with van der Waals surface area (Å²) in [6.45, 7) is 1.93. The highest BCUT2D eigenvalue weighted by molar-refractivity contribution is 6.32. The standard InChI is InChI=1S/C15H11ClN2O/c1-10-3-2-4-11(7-10)15(19)18-13-6-5-12(9-17)14(16)8-13/h2-8H,1H3,(H,18,19). The number of carbonyl (C=O) groups is 1. The number of hydrogen-bond donors (Lipinski definition) is 1. The van der Waals surface area contributed by atoms with Gasteiger partial charge in [0.25, 0.3) is 5.91 Å². The summed E-state index contributed by atoms with van der Waals surface area (Å²) in [4.78, 5) is 12.0. The lowest BCUT2D eigenvalue weighted by atomic mass is 10.1. The number of carbonyl (C=O) groups excluding carboxylic acids is 1. The maximum Gasteiger partial charge on any atom is 0.255 e. The van der Waals surface area contributed by atoms with E-state index in [-0.39, 0.29) is 5.91 Å². The Labute approximate surface area is 116 Å². The van der Waals surface area contributed by atoms with E-state index >= 15 is 0 Å². The summed E-state index contributed by atoms with van der Waals surface area (Å²) in [6.07, 6.45) is 0. The van der Waals surface area contributed by atoms with Crippen molar-refractivity contribution in [3.05, 3.63) is 64.2 Å². The van der Waals surface area contributed by atoms with E-state index in [9.17, 15) is 4.79 Å². The Morgan fingerprint density at radius 1 is 1.26 bits per heavy atom. The minimum Gasteiger partial charge on any atom is -0.322 e. The van der Waals surface area contributed by atoms with Crippen molar-refractivity contribution in [1.82, 2.24) is 0 Å². The van der Waals surface area contributed by atoms with Gasteiger partial charge in [0.1, 0.15) is 6.07 Å². The molecule has 2 aromatic rings. The third kappa shape index (κ3) is 3.12. The first-order valence-electron chi connectivity index (χ1n) is 5.68. The van der Waals surface area contributed by atoms with Gasteiger partial charge in [0.15, 0.2) is 0 Å². The Morgan fingerprint density at radius 3 is 2.68 bits per heavy atom. The second-order valence-corrected chi connectivity index (χ2v) is 4.54. The maximum absolute atomic E-state index is 12.0. The fourth-order valence-corrected chi connectivity index (χ4v) is 1.90. The molecule has 19 heavy (non-hydrogen) atoms. The van der Waals surface area contributed by atoms with Crippen LogP contribution >= 0.6 is 11.6 Å². The molecule has 0 aliphatic carbocycles. The summed E-state index contributed by atoms with van der Waals surface area (Å²) in [7, 11) is 0. The molecule has 1 N–H and O–H groups in total. The third-order valence-corrected chi connectivity index (χ3v) is 2.94. The first kappa shape index (κ1) is 13.1. The van der Waals surface area contributed by atoms with Crippen molar-refractivity contribution in [2.75, 3.05) is 5.32 Å². The molecule has 0 fully saturated rings. The summed E-state index contributed by atoms with van der Waals surface area (Å²) in [5.74, 6) is -0.204. The summed E-state index contributed by atoms with van der Waals surface area (Å²) in [5.41, 5.74) is 2.55. The lowest BCUT2D eigenvalue weighted by Crippen LogP contribution is -2.11. The van der Waals surface area contributed by atoms with E-state index in [0.717, 1.165) is 5.56 Å². The van der Waals surface area contributed by atoms with Gasteiger partial charge < -0.3 is 5.32 Å². The molecule has 0 heterocycles. The Balaban J connectivity index is 2.20. The van der Waals surface area contributed by atoms with Crippen LogP contribution < -0.4 is 5.32 Å². The molecule has 0 aromatic heterocycles. The van der Waals surface area contributed by atoms with Crippen LogP contribution in [0.25, 0.3) is 0 Å². The second-order valence-electron chi connectivity index (χ2n) is 4.13. The van der Waals surface area contributed by atoms with Crippen molar-refractivity contribution < 1.29 is 4.79 Å². The molecule has 0 saturated heterocycles. The third-order valence-electron chi connectivity index (χ3n) is 2.63. The zero-order valence-corrected chi connectivity index (χ0v) is 11.0. The number of benzene rings is 2. The first-order valence-corrected chi connectivity index (χ1v) is 6.05. The van der Waals surface area contributed by atoms with E-state index in [1.807, 2.05) is 25.1 Å². The van der Waals surface area contributed by atoms with Gasteiger partial charge in [-0.15, -0.1) is 0 Å². The van der Waals surface area contributed by atoms with Gasteiger partial charge in [0.2, 0.25) is 0 Å². The quantitative estimate of drug-likeness (QED) is 0.903. The number of amides is 1. The van der Waals surface area contributed by atoms with Crippen molar-refractivity contribution in [2.45, 2.75) is 6.92 Å². The Kier molecular flexibility index (Phi) is 3.84. The molecular weight excluding hydrogens is 260 g/mol. The Hall–Kier alpha value is -2.31. The van der Waals surface area contributed by atoms with E-state index in [2.05, 4.69) is 5.32 Å². The van der Waals surface area contributed by atoms with Crippen LogP contribution in [-0.4, -0.2) is 5.91 Å². The first-order chi connectivity index (χ1) is 9.10. The monoisotopic (exact) mass is 270 g/mol. The molecule has 0 radical (unpaired) electrons. The fraction of sp³-hybridized carbons (Fsp3) is 0.0667. The average Bonchev–Trinajstić information content (AvgIpc) is 2.39. The van der Waals surface area contributed by atoms with Gasteiger partial charge in [0.05, 0.1) is 10.6 Å². The zero-order valence-electron chi connectivity index (χ0n) is 10.3. The predicted octanol–water partition coefficient (Wildman–Crippen LogP) is 3.77. The van der Waals surface area contributed by atoms with Crippen LogP contribution in [0, 0.1) is 18.3 Å². The van der Waals surface area contributed by atoms with Gasteiger partial charge in [0, 0.05) is 11.3 Å². The number of halogens is 1. The lowest BCUT2D eigenvalue weighted by molar-refractivity contribution is 0.102. The fourth-order valence-electron chi connectivity index (χ4n) is 1.67. The van der Waals surface area contributed by atoms with Gasteiger partial charge in [-0.1, -0.05) is 29.3 Å². The smallest absolute Gasteiger partial charge is 0.255 e. The molecule has 0 spiro atoms. The molecule has 0 bridgehead atoms. The molecule has 1 amide bonds. The molecule has 0 aliphatic rings. The van der Waals surface area contributed by atoms with Crippen molar-refractivity contribution in [2.24, 2.45) is 0 Å². The maximum atomic E-state index is 12.0. The van der Waals surface area contributed by atoms with E-state index < -0.39 is 0 Å². The summed E-state index contributed by atoms with van der Waals surface area (Å²) < 4.78 is 0. The van der Waals surface area contributed by atoms with Crippen LogP contribution in [0.1, 0.15) is 21.5 Å². The van der Waals surface area contributed by atoms with E-state index in [1.54, 1.807) is 30.3 Å². The molecule has 94 valence electrons. The molecule has 2 rings (SSSR count). The minimum absolute atomic E-state index is 0.204. The van der Waals surface area contributed by atoms with Crippen LogP contribution in [0.3, 0.4) is 0 Å². The highest BCUT2D eigenvalue weighted by Crippen LogP contribution is 2.20. The molecular formula is C15H11ClN2O. The number of nitrogens with zero attached hydrogens (tertiary/aromatic N) is 1. The van der Waals surface area contributed by atoms with Crippen LogP contribution in [-0.2, 0) is 0 Å². The molecule has 3 nitrogen and oxygen atoms in total. The molecule has 0 saturated carbocycles. The number of nitrogens with one attached hydrogen (secondary N) is 1. The summed E-state index contributed by atoms with van der Waals surface area (Å²) in [5, 5.41) is 11.8. The number of aryl methyl sites for hydroxylation is 1. The highest BCUT2D eigenvalue weighted by atomic mass is 35.5. The molecule has 0 aliphatic heterocycles. The number of rotatable bonds is 2.